The molecular formula is C22H17F2NO6S2. The number of benzene rings is 2. The quantitative estimate of drug-likeness (QED) is 0.534. The third kappa shape index (κ3) is 3.47. The van der Waals surface area contributed by atoms with E-state index in [2.05, 4.69) is 14.2 Å². The lowest BCUT2D eigenvalue weighted by atomic mass is 9.93. The second-order valence-corrected chi connectivity index (χ2v) is 11.1. The maximum absolute atomic E-state index is 13.3. The minimum Gasteiger partial charge on any atom is -0.480 e. The molecule has 1 aromatic heterocycles. The molecule has 0 radical (unpaired) electrons. The van der Waals surface area contributed by atoms with Crippen LogP contribution in [0.5, 0.6) is 11.5 Å². The molecule has 1 saturated carbocycles. The Morgan fingerprint density at radius 3 is 2.45 bits per heavy atom. The Hall–Kier alpha value is -3.02. The van der Waals surface area contributed by atoms with Crippen molar-refractivity contribution in [3.05, 3.63) is 66.2 Å². The first kappa shape index (κ1) is 21.8. The maximum Gasteiger partial charge on any atom is 0.586 e. The SMILES string of the molecule is C[C@]1(c2ccccc2)C[C@@]1(NS(=O)(=O)c1ccc(-c2ccc3c(c2)OC(F)(F)O3)s1)C(=O)O. The molecule has 0 bridgehead atoms. The number of ether oxygens (including phenoxy) is 2. The highest BCUT2D eigenvalue weighted by Crippen LogP contribution is 2.58. The standard InChI is InChI=1S/C22H17F2NO6S2/c1-20(14-5-3-2-4-6-14)12-21(20,19(26)27)25-33(28,29)18-10-9-17(32-18)13-7-8-15-16(11-13)31-22(23,24)30-15/h2-11,25H,12H2,1H3,(H,26,27)/t20-,21-/m1/s1. The van der Waals surface area contributed by atoms with Gasteiger partial charge < -0.3 is 14.6 Å². The number of carboxylic acid groups (broad SMARTS) is 1. The third-order valence-corrected chi connectivity index (χ3v) is 9.17. The topological polar surface area (TPSA) is 102 Å². The minimum absolute atomic E-state index is 0.0940. The predicted molar refractivity (Wildman–Crippen MR) is 115 cm³/mol. The Morgan fingerprint density at radius 2 is 1.76 bits per heavy atom. The van der Waals surface area contributed by atoms with E-state index >= 15 is 0 Å². The molecule has 1 aliphatic heterocycles. The number of sulfonamides is 1. The highest BCUT2D eigenvalue weighted by Gasteiger charge is 2.72. The van der Waals surface area contributed by atoms with Gasteiger partial charge in [-0.15, -0.1) is 20.1 Å². The monoisotopic (exact) mass is 493 g/mol. The third-order valence-electron chi connectivity index (χ3n) is 6.05. The van der Waals surface area contributed by atoms with Gasteiger partial charge in [0.2, 0.25) is 0 Å². The number of carbonyl (C=O) groups is 1. The molecule has 5 rings (SSSR count). The number of alkyl halides is 2. The number of thiophene rings is 1. The highest BCUT2D eigenvalue weighted by atomic mass is 32.2. The van der Waals surface area contributed by atoms with Crippen molar-refractivity contribution in [1.29, 1.82) is 0 Å². The fourth-order valence-electron chi connectivity index (χ4n) is 4.15. The first-order valence-corrected chi connectivity index (χ1v) is 12.1. The van der Waals surface area contributed by atoms with Gasteiger partial charge in [-0.25, -0.2) is 8.42 Å². The summed E-state index contributed by atoms with van der Waals surface area (Å²) in [6.07, 6.45) is -3.65. The number of aliphatic carboxylic acids is 1. The average Bonchev–Trinajstić information content (AvgIpc) is 3.08. The molecule has 2 aliphatic rings. The first-order valence-electron chi connectivity index (χ1n) is 9.79. The molecule has 3 aromatic rings. The van der Waals surface area contributed by atoms with Gasteiger partial charge in [-0.2, -0.15) is 4.72 Å². The maximum atomic E-state index is 13.3. The minimum atomic E-state index is -4.19. The van der Waals surface area contributed by atoms with E-state index in [4.69, 9.17) is 0 Å². The van der Waals surface area contributed by atoms with Crippen LogP contribution in [-0.2, 0) is 20.2 Å². The largest absolute Gasteiger partial charge is 0.586 e. The van der Waals surface area contributed by atoms with Crippen LogP contribution in [0.3, 0.4) is 0 Å². The van der Waals surface area contributed by atoms with Crippen molar-refractivity contribution in [3.63, 3.8) is 0 Å². The van der Waals surface area contributed by atoms with Gasteiger partial charge in [0.15, 0.2) is 11.5 Å². The van der Waals surface area contributed by atoms with Crippen LogP contribution in [0.1, 0.15) is 18.9 Å². The van der Waals surface area contributed by atoms with Gasteiger partial charge in [0.05, 0.1) is 0 Å². The molecule has 1 aliphatic carbocycles. The number of hydrogen-bond donors (Lipinski definition) is 2. The van der Waals surface area contributed by atoms with Crippen LogP contribution in [-0.4, -0.2) is 31.3 Å². The van der Waals surface area contributed by atoms with Crippen LogP contribution < -0.4 is 14.2 Å². The lowest BCUT2D eigenvalue weighted by Crippen LogP contribution is -2.47. The van der Waals surface area contributed by atoms with Crippen molar-refractivity contribution >= 4 is 27.3 Å². The van der Waals surface area contributed by atoms with Gasteiger partial charge in [-0.1, -0.05) is 37.3 Å². The van der Waals surface area contributed by atoms with Crippen molar-refractivity contribution in [1.82, 2.24) is 4.72 Å². The summed E-state index contributed by atoms with van der Waals surface area (Å²) in [5, 5.41) is 9.92. The van der Waals surface area contributed by atoms with Crippen LogP contribution in [0, 0.1) is 0 Å². The number of halogens is 2. The highest BCUT2D eigenvalue weighted by molar-refractivity contribution is 7.91. The molecule has 33 heavy (non-hydrogen) atoms. The summed E-state index contributed by atoms with van der Waals surface area (Å²) in [5.41, 5.74) is -1.41. The molecule has 7 nitrogen and oxygen atoms in total. The van der Waals surface area contributed by atoms with Crippen LogP contribution in [0.4, 0.5) is 8.78 Å². The lowest BCUT2D eigenvalue weighted by molar-refractivity contribution is -0.286. The second-order valence-electron chi connectivity index (χ2n) is 8.14. The number of fused-ring (bicyclic) bond motifs is 1. The summed E-state index contributed by atoms with van der Waals surface area (Å²) in [5.74, 6) is -1.53. The van der Waals surface area contributed by atoms with Crippen molar-refractivity contribution in [2.24, 2.45) is 0 Å². The predicted octanol–water partition coefficient (Wildman–Crippen LogP) is 4.20. The molecule has 2 aromatic carbocycles. The van der Waals surface area contributed by atoms with Crippen LogP contribution in [0.2, 0.25) is 0 Å². The van der Waals surface area contributed by atoms with E-state index in [9.17, 15) is 27.1 Å². The molecule has 2 atom stereocenters. The summed E-state index contributed by atoms with van der Waals surface area (Å²) in [7, 11) is -4.19. The Morgan fingerprint density at radius 1 is 1.06 bits per heavy atom. The summed E-state index contributed by atoms with van der Waals surface area (Å²) in [6.45, 7) is 1.71. The van der Waals surface area contributed by atoms with E-state index in [0.29, 0.717) is 10.4 Å². The van der Waals surface area contributed by atoms with E-state index in [0.717, 1.165) is 16.9 Å². The molecule has 1 fully saturated rings. The number of hydrogen-bond acceptors (Lipinski definition) is 6. The normalized spacial score (nSPS) is 25.1. The summed E-state index contributed by atoms with van der Waals surface area (Å²) in [6, 6.07) is 15.9. The Bertz CT molecular complexity index is 1370. The lowest BCUT2D eigenvalue weighted by Gasteiger charge is -2.20. The van der Waals surface area contributed by atoms with Crippen molar-refractivity contribution in [3.8, 4) is 21.9 Å². The van der Waals surface area contributed by atoms with Gasteiger partial charge in [0.25, 0.3) is 10.0 Å². The zero-order valence-corrected chi connectivity index (χ0v) is 18.7. The fraction of sp³-hybridized carbons (Fsp3) is 0.227. The van der Waals surface area contributed by atoms with E-state index in [1.807, 2.05) is 0 Å². The first-order chi connectivity index (χ1) is 15.5. The van der Waals surface area contributed by atoms with Gasteiger partial charge in [0, 0.05) is 10.3 Å². The molecule has 11 heteroatoms. The summed E-state index contributed by atoms with van der Waals surface area (Å²) in [4.78, 5) is 12.6. The molecule has 0 unspecified atom stereocenters. The van der Waals surface area contributed by atoms with Gasteiger partial charge in [-0.3, -0.25) is 4.79 Å². The Labute approximate surface area is 191 Å². The van der Waals surface area contributed by atoms with E-state index in [1.165, 1.54) is 30.3 Å². The number of nitrogens with one attached hydrogen (secondary N) is 1. The molecule has 0 saturated heterocycles. The second kappa shape index (κ2) is 6.99. The van der Waals surface area contributed by atoms with Crippen LogP contribution in [0.25, 0.3) is 10.4 Å². The number of rotatable bonds is 6. The molecule has 0 spiro atoms. The molecular weight excluding hydrogens is 476 g/mol. The average molecular weight is 494 g/mol. The van der Waals surface area contributed by atoms with Gasteiger partial charge in [0.1, 0.15) is 9.75 Å². The van der Waals surface area contributed by atoms with E-state index in [-0.39, 0.29) is 22.1 Å². The molecule has 172 valence electrons. The summed E-state index contributed by atoms with van der Waals surface area (Å²) < 4.78 is 63.9. The zero-order chi connectivity index (χ0) is 23.6. The molecule has 0 amide bonds. The van der Waals surface area contributed by atoms with Gasteiger partial charge in [-0.05, 0) is 47.9 Å². The number of carboxylic acids is 1. The smallest absolute Gasteiger partial charge is 0.480 e. The van der Waals surface area contributed by atoms with Crippen LogP contribution >= 0.6 is 11.3 Å². The van der Waals surface area contributed by atoms with Crippen molar-refractivity contribution in [2.45, 2.75) is 34.8 Å². The molecule has 2 N–H and O–H groups in total. The Kier molecular flexibility index (Phi) is 4.62. The van der Waals surface area contributed by atoms with E-state index < -0.39 is 33.2 Å². The van der Waals surface area contributed by atoms with Crippen molar-refractivity contribution < 1.29 is 36.6 Å². The van der Waals surface area contributed by atoms with Crippen molar-refractivity contribution in [2.75, 3.05) is 0 Å². The Balaban J connectivity index is 1.43. The zero-order valence-electron chi connectivity index (χ0n) is 17.0. The van der Waals surface area contributed by atoms with Gasteiger partial charge >= 0.3 is 12.3 Å². The summed E-state index contributed by atoms with van der Waals surface area (Å²) >= 11 is 0.887. The van der Waals surface area contributed by atoms with Crippen LogP contribution in [0.15, 0.2) is 64.9 Å². The fourth-order valence-corrected chi connectivity index (χ4v) is 6.90. The molecule has 2 heterocycles. The van der Waals surface area contributed by atoms with E-state index in [1.54, 1.807) is 37.3 Å².